The number of ether oxygens (including phenoxy) is 1. The van der Waals surface area contributed by atoms with Crippen LogP contribution in [0.2, 0.25) is 0 Å². The summed E-state index contributed by atoms with van der Waals surface area (Å²) in [5, 5.41) is 0. The Balaban J connectivity index is 2.57. The lowest BCUT2D eigenvalue weighted by Crippen LogP contribution is -2.08. The third-order valence-corrected chi connectivity index (χ3v) is 4.03. The molecule has 0 aliphatic carbocycles. The molecule has 0 fully saturated rings. The van der Waals surface area contributed by atoms with Crippen molar-refractivity contribution in [2.45, 2.75) is 46.0 Å². The summed E-state index contributed by atoms with van der Waals surface area (Å²) in [6, 6.07) is 3.83. The lowest BCUT2D eigenvalue weighted by Gasteiger charge is -2.15. The molecule has 0 radical (unpaired) electrons. The molecule has 0 saturated heterocycles. The number of hydrogen-bond donors (Lipinski definition) is 0. The minimum atomic E-state index is -0.307. The highest BCUT2D eigenvalue weighted by Gasteiger charge is 2.18. The van der Waals surface area contributed by atoms with Crippen molar-refractivity contribution in [2.24, 2.45) is 0 Å². The predicted octanol–water partition coefficient (Wildman–Crippen LogP) is 3.57. The second-order valence-corrected chi connectivity index (χ2v) is 6.23. The van der Waals surface area contributed by atoms with Crippen LogP contribution in [0.3, 0.4) is 0 Å². The summed E-state index contributed by atoms with van der Waals surface area (Å²) in [5.74, 6) is -0.290. The Morgan fingerprint density at radius 1 is 1.22 bits per heavy atom. The van der Waals surface area contributed by atoms with Crippen molar-refractivity contribution in [3.63, 3.8) is 0 Å². The van der Waals surface area contributed by atoms with Gasteiger partial charge in [-0.2, -0.15) is 0 Å². The molecule has 4 heteroatoms. The molecule has 1 rings (SSSR count). The molecule has 0 aliphatic heterocycles. The number of carbonyl (C=O) groups excluding carboxylic acids is 2. The molecule has 0 saturated carbocycles. The highest BCUT2D eigenvalue weighted by Crippen LogP contribution is 2.30. The van der Waals surface area contributed by atoms with Crippen molar-refractivity contribution in [3.05, 3.63) is 21.9 Å². The first-order valence-electron chi connectivity index (χ1n) is 6.13. The van der Waals surface area contributed by atoms with Crippen LogP contribution < -0.4 is 0 Å². The zero-order chi connectivity index (χ0) is 13.8. The minimum absolute atomic E-state index is 0.0172. The molecular weight excluding hydrogens is 248 g/mol. The molecule has 1 heterocycles. The molecule has 18 heavy (non-hydrogen) atoms. The van der Waals surface area contributed by atoms with Crippen LogP contribution in [0, 0.1) is 0 Å². The largest absolute Gasteiger partial charge is 0.466 e. The van der Waals surface area contributed by atoms with E-state index in [9.17, 15) is 9.59 Å². The Hall–Kier alpha value is -1.16. The van der Waals surface area contributed by atoms with Gasteiger partial charge in [-0.25, -0.2) is 0 Å². The molecule has 1 aromatic rings. The Labute approximate surface area is 112 Å². The number of Topliss-reactive ketones (excluding diaryl/α,β-unsaturated/α-hetero) is 1. The van der Waals surface area contributed by atoms with Crippen LogP contribution in [0.5, 0.6) is 0 Å². The fourth-order valence-corrected chi connectivity index (χ4v) is 2.49. The van der Waals surface area contributed by atoms with Crippen molar-refractivity contribution >= 4 is 23.1 Å². The van der Waals surface area contributed by atoms with Gasteiger partial charge in [0.2, 0.25) is 0 Å². The molecule has 0 bridgehead atoms. The Bertz CT molecular complexity index is 426. The van der Waals surface area contributed by atoms with Crippen molar-refractivity contribution < 1.29 is 14.3 Å². The van der Waals surface area contributed by atoms with Gasteiger partial charge in [0.25, 0.3) is 0 Å². The molecule has 0 unspecified atom stereocenters. The summed E-state index contributed by atoms with van der Waals surface area (Å²) in [7, 11) is 0. The lowest BCUT2D eigenvalue weighted by molar-refractivity contribution is -0.143. The van der Waals surface area contributed by atoms with E-state index in [1.54, 1.807) is 6.92 Å². The van der Waals surface area contributed by atoms with E-state index >= 15 is 0 Å². The maximum atomic E-state index is 11.9. The monoisotopic (exact) mass is 268 g/mol. The summed E-state index contributed by atoms with van der Waals surface area (Å²) >= 11 is 1.51. The number of carbonyl (C=O) groups is 2. The molecule has 1 aromatic heterocycles. The number of ketones is 1. The second kappa shape index (κ2) is 6.14. The highest BCUT2D eigenvalue weighted by atomic mass is 32.1. The van der Waals surface area contributed by atoms with Crippen LogP contribution in [0.4, 0.5) is 0 Å². The average molecular weight is 268 g/mol. The quantitative estimate of drug-likeness (QED) is 0.605. The van der Waals surface area contributed by atoms with Gasteiger partial charge in [0.1, 0.15) is 0 Å². The third kappa shape index (κ3) is 4.26. The van der Waals surface area contributed by atoms with E-state index in [2.05, 4.69) is 20.8 Å². The normalized spacial score (nSPS) is 11.3. The second-order valence-electron chi connectivity index (χ2n) is 5.14. The van der Waals surface area contributed by atoms with Crippen molar-refractivity contribution in [1.29, 1.82) is 0 Å². The minimum Gasteiger partial charge on any atom is -0.466 e. The number of thiophene rings is 1. The maximum absolute atomic E-state index is 11.9. The van der Waals surface area contributed by atoms with Crippen LogP contribution in [-0.2, 0) is 14.9 Å². The van der Waals surface area contributed by atoms with Gasteiger partial charge < -0.3 is 4.74 Å². The first kappa shape index (κ1) is 14.9. The van der Waals surface area contributed by atoms with E-state index in [1.165, 1.54) is 16.2 Å². The van der Waals surface area contributed by atoms with Crippen molar-refractivity contribution in [2.75, 3.05) is 6.61 Å². The predicted molar refractivity (Wildman–Crippen MR) is 73.2 cm³/mol. The standard InChI is InChI=1S/C14H20O3S/c1-5-17-13(16)9-6-10(15)11-7-8-12(18-11)14(2,3)4/h7-8H,5-6,9H2,1-4H3. The summed E-state index contributed by atoms with van der Waals surface area (Å²) in [6.45, 7) is 8.47. The molecule has 0 N–H and O–H groups in total. The zero-order valence-electron chi connectivity index (χ0n) is 11.4. The van der Waals surface area contributed by atoms with E-state index in [-0.39, 0.29) is 30.0 Å². The molecule has 0 aromatic carbocycles. The summed E-state index contributed by atoms with van der Waals surface area (Å²) in [4.78, 5) is 25.0. The lowest BCUT2D eigenvalue weighted by atomic mass is 9.95. The van der Waals surface area contributed by atoms with Crippen LogP contribution in [0.1, 0.15) is 55.1 Å². The van der Waals surface area contributed by atoms with Gasteiger partial charge in [-0.15, -0.1) is 11.3 Å². The van der Waals surface area contributed by atoms with E-state index in [1.807, 2.05) is 12.1 Å². The summed E-state index contributed by atoms with van der Waals surface area (Å²) < 4.78 is 4.80. The first-order chi connectivity index (χ1) is 8.34. The van der Waals surface area contributed by atoms with Crippen molar-refractivity contribution in [1.82, 2.24) is 0 Å². The van der Waals surface area contributed by atoms with Gasteiger partial charge in [-0.3, -0.25) is 9.59 Å². The van der Waals surface area contributed by atoms with E-state index in [0.29, 0.717) is 6.61 Å². The molecule has 3 nitrogen and oxygen atoms in total. The third-order valence-electron chi connectivity index (χ3n) is 2.48. The molecule has 100 valence electrons. The zero-order valence-corrected chi connectivity index (χ0v) is 12.2. The van der Waals surface area contributed by atoms with Gasteiger partial charge in [-0.1, -0.05) is 20.8 Å². The molecule has 0 aliphatic rings. The van der Waals surface area contributed by atoms with Gasteiger partial charge in [-0.05, 0) is 24.5 Å². The van der Waals surface area contributed by atoms with Crippen LogP contribution >= 0.6 is 11.3 Å². The van der Waals surface area contributed by atoms with Crippen LogP contribution in [0.15, 0.2) is 12.1 Å². The molecule has 0 amide bonds. The number of rotatable bonds is 5. The van der Waals surface area contributed by atoms with E-state index in [0.717, 1.165) is 4.88 Å². The van der Waals surface area contributed by atoms with Gasteiger partial charge >= 0.3 is 5.97 Å². The van der Waals surface area contributed by atoms with Crippen LogP contribution in [-0.4, -0.2) is 18.4 Å². The number of esters is 1. The molecular formula is C14H20O3S. The smallest absolute Gasteiger partial charge is 0.306 e. The van der Waals surface area contributed by atoms with Crippen molar-refractivity contribution in [3.8, 4) is 0 Å². The number of hydrogen-bond acceptors (Lipinski definition) is 4. The fraction of sp³-hybridized carbons (Fsp3) is 0.571. The Morgan fingerprint density at radius 3 is 2.39 bits per heavy atom. The van der Waals surface area contributed by atoms with E-state index in [4.69, 9.17) is 4.74 Å². The van der Waals surface area contributed by atoms with E-state index < -0.39 is 0 Å². The summed E-state index contributed by atoms with van der Waals surface area (Å²) in [5.41, 5.74) is 0.0599. The highest BCUT2D eigenvalue weighted by molar-refractivity contribution is 7.14. The average Bonchev–Trinajstić information content (AvgIpc) is 2.75. The summed E-state index contributed by atoms with van der Waals surface area (Å²) in [6.07, 6.45) is 0.387. The maximum Gasteiger partial charge on any atom is 0.306 e. The first-order valence-corrected chi connectivity index (χ1v) is 6.95. The molecule has 0 spiro atoms. The van der Waals surface area contributed by atoms with Gasteiger partial charge in [0, 0.05) is 11.3 Å². The Kier molecular flexibility index (Phi) is 5.08. The molecule has 0 atom stereocenters. The Morgan fingerprint density at radius 2 is 1.89 bits per heavy atom. The fourth-order valence-electron chi connectivity index (χ4n) is 1.46. The van der Waals surface area contributed by atoms with Gasteiger partial charge in [0.15, 0.2) is 5.78 Å². The van der Waals surface area contributed by atoms with Gasteiger partial charge in [0.05, 0.1) is 17.9 Å². The topological polar surface area (TPSA) is 43.4 Å². The van der Waals surface area contributed by atoms with Crippen LogP contribution in [0.25, 0.3) is 0 Å². The SMILES string of the molecule is CCOC(=O)CCC(=O)c1ccc(C(C)(C)C)s1.